The zero-order valence-electron chi connectivity index (χ0n) is 13.2. The lowest BCUT2D eigenvalue weighted by molar-refractivity contribution is 0.102. The number of fused-ring (bicyclic) bond motifs is 2. The second-order valence-corrected chi connectivity index (χ2v) is 5.85. The van der Waals surface area contributed by atoms with E-state index in [4.69, 9.17) is 0 Å². The summed E-state index contributed by atoms with van der Waals surface area (Å²) in [4.78, 5) is 12.7. The molecule has 4 aromatic rings. The van der Waals surface area contributed by atoms with E-state index in [-0.39, 0.29) is 17.1 Å². The van der Waals surface area contributed by atoms with Crippen LogP contribution in [0.3, 0.4) is 0 Å². The van der Waals surface area contributed by atoms with E-state index in [1.165, 1.54) is 0 Å². The molecule has 0 unspecified atom stereocenters. The minimum atomic E-state index is -0.431. The van der Waals surface area contributed by atoms with Crippen LogP contribution in [-0.2, 0) is 0 Å². The first-order valence-corrected chi connectivity index (χ1v) is 7.87. The van der Waals surface area contributed by atoms with Crippen molar-refractivity contribution in [2.75, 3.05) is 5.32 Å². The molecule has 0 bridgehead atoms. The van der Waals surface area contributed by atoms with Gasteiger partial charge in [0.25, 0.3) is 5.91 Å². The molecule has 0 heterocycles. The molecular formula is C21H15NO3. The van der Waals surface area contributed by atoms with Gasteiger partial charge in [-0.15, -0.1) is 0 Å². The molecule has 0 fully saturated rings. The lowest BCUT2D eigenvalue weighted by Crippen LogP contribution is -2.12. The Bertz CT molecular complexity index is 1110. The fourth-order valence-electron chi connectivity index (χ4n) is 3.03. The van der Waals surface area contributed by atoms with Crippen LogP contribution in [0.2, 0.25) is 0 Å². The van der Waals surface area contributed by atoms with Gasteiger partial charge in [0.05, 0.1) is 11.3 Å². The van der Waals surface area contributed by atoms with Crippen LogP contribution in [0.1, 0.15) is 10.4 Å². The maximum Gasteiger partial charge on any atom is 0.259 e. The molecule has 0 aromatic heterocycles. The van der Waals surface area contributed by atoms with Crippen molar-refractivity contribution in [2.45, 2.75) is 0 Å². The third-order valence-electron chi connectivity index (χ3n) is 4.24. The quantitative estimate of drug-likeness (QED) is 0.501. The number of amides is 1. The molecule has 1 amide bonds. The van der Waals surface area contributed by atoms with E-state index >= 15 is 0 Å². The largest absolute Gasteiger partial charge is 0.507 e. The first-order chi connectivity index (χ1) is 12.1. The van der Waals surface area contributed by atoms with Gasteiger partial charge in [0.15, 0.2) is 0 Å². The predicted molar refractivity (Wildman–Crippen MR) is 99.2 cm³/mol. The molecule has 0 saturated heterocycles. The SMILES string of the molecule is O=C(Nc1cccc2cccc(O)c12)c1cc2ccccc2cc1O. The summed E-state index contributed by atoms with van der Waals surface area (Å²) < 4.78 is 0. The number of carbonyl (C=O) groups is 1. The summed E-state index contributed by atoms with van der Waals surface area (Å²) >= 11 is 0. The van der Waals surface area contributed by atoms with Crippen LogP contribution in [0, 0.1) is 0 Å². The lowest BCUT2D eigenvalue weighted by atomic mass is 10.0. The molecule has 3 N–H and O–H groups in total. The van der Waals surface area contributed by atoms with E-state index in [1.807, 2.05) is 36.4 Å². The van der Waals surface area contributed by atoms with Crippen molar-refractivity contribution in [1.82, 2.24) is 0 Å². The fourth-order valence-corrected chi connectivity index (χ4v) is 3.03. The molecule has 0 aliphatic rings. The normalized spacial score (nSPS) is 10.9. The zero-order valence-corrected chi connectivity index (χ0v) is 13.2. The minimum Gasteiger partial charge on any atom is -0.507 e. The summed E-state index contributed by atoms with van der Waals surface area (Å²) in [5.74, 6) is -0.421. The Labute approximate surface area is 144 Å². The summed E-state index contributed by atoms with van der Waals surface area (Å²) in [6.07, 6.45) is 0. The van der Waals surface area contributed by atoms with Crippen molar-refractivity contribution in [2.24, 2.45) is 0 Å². The monoisotopic (exact) mass is 329 g/mol. The van der Waals surface area contributed by atoms with Crippen LogP contribution in [-0.4, -0.2) is 16.1 Å². The Kier molecular flexibility index (Phi) is 3.51. The second-order valence-electron chi connectivity index (χ2n) is 5.85. The van der Waals surface area contributed by atoms with Gasteiger partial charge >= 0.3 is 0 Å². The van der Waals surface area contributed by atoms with E-state index in [0.717, 1.165) is 16.2 Å². The molecule has 0 saturated carbocycles. The van der Waals surface area contributed by atoms with Crippen molar-refractivity contribution in [1.29, 1.82) is 0 Å². The van der Waals surface area contributed by atoms with Gasteiger partial charge in [0.1, 0.15) is 11.5 Å². The van der Waals surface area contributed by atoms with E-state index in [9.17, 15) is 15.0 Å². The number of rotatable bonds is 2. The Balaban J connectivity index is 1.77. The van der Waals surface area contributed by atoms with Crippen molar-refractivity contribution in [3.8, 4) is 11.5 Å². The van der Waals surface area contributed by atoms with Crippen LogP contribution >= 0.6 is 0 Å². The molecule has 0 radical (unpaired) electrons. The van der Waals surface area contributed by atoms with Crippen molar-refractivity contribution in [3.05, 3.63) is 78.4 Å². The molecule has 0 aliphatic heterocycles. The highest BCUT2D eigenvalue weighted by atomic mass is 16.3. The summed E-state index contributed by atoms with van der Waals surface area (Å²) in [6.45, 7) is 0. The summed E-state index contributed by atoms with van der Waals surface area (Å²) in [5, 5.41) is 26.2. The Morgan fingerprint density at radius 1 is 0.720 bits per heavy atom. The van der Waals surface area contributed by atoms with Crippen LogP contribution in [0.5, 0.6) is 11.5 Å². The topological polar surface area (TPSA) is 69.6 Å². The first-order valence-electron chi connectivity index (χ1n) is 7.87. The van der Waals surface area contributed by atoms with Crippen LogP contribution in [0.25, 0.3) is 21.5 Å². The molecule has 25 heavy (non-hydrogen) atoms. The molecule has 0 spiro atoms. The molecule has 4 aromatic carbocycles. The summed E-state index contributed by atoms with van der Waals surface area (Å²) in [5.41, 5.74) is 0.680. The maximum atomic E-state index is 12.7. The molecule has 4 nitrogen and oxygen atoms in total. The van der Waals surface area contributed by atoms with Gasteiger partial charge < -0.3 is 15.5 Å². The standard InChI is InChI=1S/C21H15NO3/c23-18-10-4-8-13-7-3-9-17(20(13)18)22-21(25)16-11-14-5-1-2-6-15(14)12-19(16)24/h1-12,23-24H,(H,22,25). The molecular weight excluding hydrogens is 314 g/mol. The number of hydrogen-bond donors (Lipinski definition) is 3. The molecule has 122 valence electrons. The van der Waals surface area contributed by atoms with Crippen LogP contribution in [0.4, 0.5) is 5.69 Å². The highest BCUT2D eigenvalue weighted by Gasteiger charge is 2.15. The van der Waals surface area contributed by atoms with Crippen molar-refractivity contribution < 1.29 is 15.0 Å². The highest BCUT2D eigenvalue weighted by Crippen LogP contribution is 2.32. The fraction of sp³-hybridized carbons (Fsp3) is 0. The smallest absolute Gasteiger partial charge is 0.259 e. The van der Waals surface area contributed by atoms with Crippen molar-refractivity contribution in [3.63, 3.8) is 0 Å². The minimum absolute atomic E-state index is 0.0827. The number of carbonyl (C=O) groups excluding carboxylic acids is 1. The van der Waals surface area contributed by atoms with Crippen LogP contribution in [0.15, 0.2) is 72.8 Å². The number of nitrogens with one attached hydrogen (secondary N) is 1. The number of phenolic OH excluding ortho intramolecular Hbond substituents is 2. The number of hydrogen-bond acceptors (Lipinski definition) is 3. The van der Waals surface area contributed by atoms with E-state index in [2.05, 4.69) is 5.32 Å². The molecule has 4 rings (SSSR count). The second kappa shape index (κ2) is 5.83. The third-order valence-corrected chi connectivity index (χ3v) is 4.24. The zero-order chi connectivity index (χ0) is 17.4. The summed E-state index contributed by atoms with van der Waals surface area (Å²) in [7, 11) is 0. The number of benzene rings is 4. The van der Waals surface area contributed by atoms with Gasteiger partial charge in [-0.2, -0.15) is 0 Å². The number of anilines is 1. The van der Waals surface area contributed by atoms with Gasteiger partial charge in [-0.05, 0) is 40.4 Å². The molecule has 4 heteroatoms. The van der Waals surface area contributed by atoms with E-state index in [1.54, 1.807) is 36.4 Å². The molecule has 0 atom stereocenters. The number of phenols is 2. The highest BCUT2D eigenvalue weighted by molar-refractivity contribution is 6.12. The third kappa shape index (κ3) is 2.64. The van der Waals surface area contributed by atoms with Gasteiger partial charge in [0.2, 0.25) is 0 Å². The van der Waals surface area contributed by atoms with E-state index < -0.39 is 5.91 Å². The molecule has 0 aliphatic carbocycles. The maximum absolute atomic E-state index is 12.7. The average Bonchev–Trinajstić information content (AvgIpc) is 2.61. The van der Waals surface area contributed by atoms with Gasteiger partial charge in [-0.3, -0.25) is 4.79 Å². The van der Waals surface area contributed by atoms with Gasteiger partial charge in [-0.25, -0.2) is 0 Å². The van der Waals surface area contributed by atoms with Crippen LogP contribution < -0.4 is 5.32 Å². The number of aromatic hydroxyl groups is 2. The lowest BCUT2D eigenvalue weighted by Gasteiger charge is -2.11. The van der Waals surface area contributed by atoms with Gasteiger partial charge in [-0.1, -0.05) is 48.5 Å². The van der Waals surface area contributed by atoms with Crippen molar-refractivity contribution >= 4 is 33.1 Å². The Hall–Kier alpha value is -3.53. The first kappa shape index (κ1) is 15.0. The predicted octanol–water partition coefficient (Wildman–Crippen LogP) is 4.66. The Morgan fingerprint density at radius 2 is 1.36 bits per heavy atom. The summed E-state index contributed by atoms with van der Waals surface area (Å²) in [6, 6.07) is 21.3. The van der Waals surface area contributed by atoms with E-state index in [0.29, 0.717) is 11.1 Å². The average molecular weight is 329 g/mol. The van der Waals surface area contributed by atoms with Gasteiger partial charge in [0, 0.05) is 5.39 Å². The Morgan fingerprint density at radius 3 is 2.12 bits per heavy atom.